The number of pyridine rings is 1. The molecule has 0 N–H and O–H groups in total. The highest BCUT2D eigenvalue weighted by molar-refractivity contribution is 7.80. The Morgan fingerprint density at radius 1 is 0.619 bits per heavy atom. The predicted molar refractivity (Wildman–Crippen MR) is 92.3 cm³/mol. The van der Waals surface area contributed by atoms with Crippen molar-refractivity contribution in [1.82, 2.24) is 4.98 Å². The van der Waals surface area contributed by atoms with E-state index in [1.807, 2.05) is 36.7 Å². The average Bonchev–Trinajstić information content (AvgIpc) is 2.56. The minimum atomic E-state index is 0.980. The van der Waals surface area contributed by atoms with Crippen LogP contribution in [0.15, 0.2) is 78.0 Å². The van der Waals surface area contributed by atoms with E-state index in [1.165, 1.54) is 22.3 Å². The van der Waals surface area contributed by atoms with Gasteiger partial charge in [0.05, 0.1) is 0 Å². The van der Waals surface area contributed by atoms with E-state index >= 15 is 0 Å². The molecular formula is C19H15NS. The zero-order valence-corrected chi connectivity index (χ0v) is 12.4. The van der Waals surface area contributed by atoms with Crippen molar-refractivity contribution in [3.63, 3.8) is 0 Å². The zero-order chi connectivity index (χ0) is 14.5. The molecule has 0 bridgehead atoms. The number of thiol groups is 1. The van der Waals surface area contributed by atoms with Gasteiger partial charge in [-0.15, -0.1) is 12.6 Å². The zero-order valence-electron chi connectivity index (χ0n) is 11.5. The fraction of sp³-hybridized carbons (Fsp3) is 0. The van der Waals surface area contributed by atoms with Crippen LogP contribution in [0.25, 0.3) is 23.3 Å². The van der Waals surface area contributed by atoms with Crippen molar-refractivity contribution in [2.75, 3.05) is 0 Å². The fourth-order valence-electron chi connectivity index (χ4n) is 2.11. The SMILES string of the molecule is Sc1ccc(/C=C/c2ccc(-c3ccncc3)cc2)cc1. The summed E-state index contributed by atoms with van der Waals surface area (Å²) in [6.45, 7) is 0. The number of hydrogen-bond acceptors (Lipinski definition) is 2. The van der Waals surface area contributed by atoms with Crippen LogP contribution in [0.2, 0.25) is 0 Å². The maximum atomic E-state index is 4.29. The Labute approximate surface area is 130 Å². The molecule has 2 heteroatoms. The highest BCUT2D eigenvalue weighted by Gasteiger charge is 1.96. The van der Waals surface area contributed by atoms with Gasteiger partial charge in [0.2, 0.25) is 0 Å². The number of hydrogen-bond donors (Lipinski definition) is 1. The van der Waals surface area contributed by atoms with E-state index in [0.717, 1.165) is 4.90 Å². The molecule has 0 aliphatic heterocycles. The van der Waals surface area contributed by atoms with Gasteiger partial charge in [-0.25, -0.2) is 0 Å². The molecule has 0 aliphatic carbocycles. The van der Waals surface area contributed by atoms with Gasteiger partial charge >= 0.3 is 0 Å². The molecule has 102 valence electrons. The normalized spacial score (nSPS) is 10.9. The number of benzene rings is 2. The fourth-order valence-corrected chi connectivity index (χ4v) is 2.26. The van der Waals surface area contributed by atoms with Gasteiger partial charge in [0.25, 0.3) is 0 Å². The molecule has 1 nitrogen and oxygen atoms in total. The van der Waals surface area contributed by atoms with Crippen molar-refractivity contribution < 1.29 is 0 Å². The Hall–Kier alpha value is -2.32. The van der Waals surface area contributed by atoms with Gasteiger partial charge in [0.1, 0.15) is 0 Å². The van der Waals surface area contributed by atoms with Crippen molar-refractivity contribution in [2.45, 2.75) is 4.90 Å². The van der Waals surface area contributed by atoms with Crippen LogP contribution in [-0.2, 0) is 0 Å². The Morgan fingerprint density at radius 3 is 1.67 bits per heavy atom. The third kappa shape index (κ3) is 3.61. The Balaban J connectivity index is 1.77. The van der Waals surface area contributed by atoms with Crippen molar-refractivity contribution in [3.05, 3.63) is 84.2 Å². The molecule has 3 rings (SSSR count). The molecule has 3 aromatic rings. The topological polar surface area (TPSA) is 12.9 Å². The van der Waals surface area contributed by atoms with E-state index in [0.29, 0.717) is 0 Å². The molecule has 0 unspecified atom stereocenters. The van der Waals surface area contributed by atoms with Crippen LogP contribution >= 0.6 is 12.6 Å². The molecule has 0 saturated heterocycles. The minimum absolute atomic E-state index is 0.980. The maximum Gasteiger partial charge on any atom is 0.0273 e. The first-order valence-corrected chi connectivity index (χ1v) is 7.23. The second-order valence-electron chi connectivity index (χ2n) is 4.78. The Kier molecular flexibility index (Phi) is 4.17. The predicted octanol–water partition coefficient (Wildman–Crippen LogP) is 5.21. The van der Waals surface area contributed by atoms with Crippen LogP contribution in [0, 0.1) is 0 Å². The quantitative estimate of drug-likeness (QED) is 0.516. The minimum Gasteiger partial charge on any atom is -0.265 e. The first-order valence-electron chi connectivity index (χ1n) is 6.79. The van der Waals surface area contributed by atoms with Crippen LogP contribution in [0.4, 0.5) is 0 Å². The lowest BCUT2D eigenvalue weighted by Crippen LogP contribution is -1.79. The summed E-state index contributed by atoms with van der Waals surface area (Å²) in [5, 5.41) is 0. The van der Waals surface area contributed by atoms with E-state index in [4.69, 9.17) is 0 Å². The first-order chi connectivity index (χ1) is 10.3. The van der Waals surface area contributed by atoms with Gasteiger partial charge in [0, 0.05) is 17.3 Å². The molecule has 0 amide bonds. The monoisotopic (exact) mass is 289 g/mol. The maximum absolute atomic E-state index is 4.29. The van der Waals surface area contributed by atoms with E-state index < -0.39 is 0 Å². The summed E-state index contributed by atoms with van der Waals surface area (Å²) < 4.78 is 0. The second kappa shape index (κ2) is 6.42. The second-order valence-corrected chi connectivity index (χ2v) is 5.30. The van der Waals surface area contributed by atoms with Gasteiger partial charge in [-0.05, 0) is 46.5 Å². The summed E-state index contributed by atoms with van der Waals surface area (Å²) >= 11 is 4.29. The molecule has 0 radical (unpaired) electrons. The number of aromatic nitrogens is 1. The van der Waals surface area contributed by atoms with Crippen LogP contribution in [0.1, 0.15) is 11.1 Å². The summed E-state index contributed by atoms with van der Waals surface area (Å²) in [7, 11) is 0. The molecule has 1 heterocycles. The van der Waals surface area contributed by atoms with Gasteiger partial charge in [-0.2, -0.15) is 0 Å². The Bertz CT molecular complexity index is 729. The van der Waals surface area contributed by atoms with Crippen LogP contribution in [-0.4, -0.2) is 4.98 Å². The number of nitrogens with zero attached hydrogens (tertiary/aromatic N) is 1. The van der Waals surface area contributed by atoms with Crippen molar-refractivity contribution in [1.29, 1.82) is 0 Å². The molecule has 1 aromatic heterocycles. The van der Waals surface area contributed by atoms with E-state index in [2.05, 4.69) is 66.2 Å². The van der Waals surface area contributed by atoms with Crippen LogP contribution < -0.4 is 0 Å². The van der Waals surface area contributed by atoms with Crippen LogP contribution in [0.3, 0.4) is 0 Å². The molecule has 0 fully saturated rings. The van der Waals surface area contributed by atoms with Gasteiger partial charge < -0.3 is 0 Å². The van der Waals surface area contributed by atoms with E-state index in [1.54, 1.807) is 0 Å². The van der Waals surface area contributed by atoms with E-state index in [-0.39, 0.29) is 0 Å². The molecule has 0 atom stereocenters. The van der Waals surface area contributed by atoms with Crippen LogP contribution in [0.5, 0.6) is 0 Å². The molecular weight excluding hydrogens is 274 g/mol. The molecule has 2 aromatic carbocycles. The summed E-state index contributed by atoms with van der Waals surface area (Å²) in [5.74, 6) is 0. The van der Waals surface area contributed by atoms with E-state index in [9.17, 15) is 0 Å². The largest absolute Gasteiger partial charge is 0.265 e. The van der Waals surface area contributed by atoms with Crippen molar-refractivity contribution >= 4 is 24.8 Å². The lowest BCUT2D eigenvalue weighted by Gasteiger charge is -2.01. The third-order valence-electron chi connectivity index (χ3n) is 3.29. The highest BCUT2D eigenvalue weighted by Crippen LogP contribution is 2.19. The molecule has 21 heavy (non-hydrogen) atoms. The summed E-state index contributed by atoms with van der Waals surface area (Å²) in [5.41, 5.74) is 4.74. The van der Waals surface area contributed by atoms with Gasteiger partial charge in [-0.1, -0.05) is 48.6 Å². The lowest BCUT2D eigenvalue weighted by atomic mass is 10.0. The smallest absolute Gasteiger partial charge is 0.0273 e. The molecule has 0 spiro atoms. The summed E-state index contributed by atoms with van der Waals surface area (Å²) in [6, 6.07) is 20.7. The van der Waals surface area contributed by atoms with Gasteiger partial charge in [-0.3, -0.25) is 4.98 Å². The standard InChI is InChI=1S/C19H15NS/c21-19-9-5-16(6-10-19)2-1-15-3-7-17(8-4-15)18-11-13-20-14-12-18/h1-14,21H/b2-1+. The number of rotatable bonds is 3. The van der Waals surface area contributed by atoms with Crippen molar-refractivity contribution in [3.8, 4) is 11.1 Å². The third-order valence-corrected chi connectivity index (χ3v) is 3.58. The first kappa shape index (κ1) is 13.7. The summed E-state index contributed by atoms with van der Waals surface area (Å²) in [6.07, 6.45) is 7.85. The summed E-state index contributed by atoms with van der Waals surface area (Å²) in [4.78, 5) is 5.02. The highest BCUT2D eigenvalue weighted by atomic mass is 32.1. The molecule has 0 aliphatic rings. The Morgan fingerprint density at radius 2 is 1.10 bits per heavy atom. The average molecular weight is 289 g/mol. The molecule has 0 saturated carbocycles. The van der Waals surface area contributed by atoms with Gasteiger partial charge in [0.15, 0.2) is 0 Å². The van der Waals surface area contributed by atoms with Crippen molar-refractivity contribution in [2.24, 2.45) is 0 Å². The lowest BCUT2D eigenvalue weighted by molar-refractivity contribution is 1.33.